The maximum Gasteiger partial charge on any atom is 0.135 e. The molecule has 1 rings (SSSR count). The molecule has 1 aromatic heterocycles. The molecule has 0 aliphatic heterocycles. The molecule has 0 atom stereocenters. The first kappa shape index (κ1) is 15.2. The van der Waals surface area contributed by atoms with E-state index in [-0.39, 0.29) is 12.0 Å². The number of hydrogen-bond acceptors (Lipinski definition) is 4. The van der Waals surface area contributed by atoms with E-state index in [9.17, 15) is 0 Å². The van der Waals surface area contributed by atoms with Gasteiger partial charge in [-0.1, -0.05) is 25.4 Å². The van der Waals surface area contributed by atoms with Gasteiger partial charge in [-0.05, 0) is 20.3 Å². The normalized spacial score (nSPS) is 11.3. The van der Waals surface area contributed by atoms with Crippen LogP contribution >= 0.6 is 11.6 Å². The smallest absolute Gasteiger partial charge is 0.135 e. The monoisotopic (exact) mass is 271 g/mol. The average Bonchev–Trinajstić information content (AvgIpc) is 2.27. The second kappa shape index (κ2) is 7.54. The highest BCUT2D eigenvalue weighted by molar-refractivity contribution is 6.29. The van der Waals surface area contributed by atoms with Crippen LogP contribution in [0.2, 0.25) is 5.15 Å². The standard InChI is InChI=1S/C13H22ClN3O/c1-9(2)13-16-11(14)8-12(17-13)15-6-5-7-18-10(3)4/h8-10H,5-7H2,1-4H3,(H,15,16,17). The second-order valence-corrected chi connectivity index (χ2v) is 5.18. The minimum absolute atomic E-state index is 0.272. The minimum atomic E-state index is 0.272. The molecule has 0 unspecified atom stereocenters. The number of rotatable bonds is 7. The van der Waals surface area contributed by atoms with Gasteiger partial charge < -0.3 is 10.1 Å². The number of halogens is 1. The molecule has 1 N–H and O–H groups in total. The molecule has 4 nitrogen and oxygen atoms in total. The molecule has 5 heteroatoms. The van der Waals surface area contributed by atoms with Crippen molar-refractivity contribution in [2.45, 2.75) is 46.1 Å². The van der Waals surface area contributed by atoms with E-state index in [0.717, 1.165) is 31.2 Å². The van der Waals surface area contributed by atoms with Crippen molar-refractivity contribution >= 4 is 17.4 Å². The van der Waals surface area contributed by atoms with E-state index >= 15 is 0 Å². The summed E-state index contributed by atoms with van der Waals surface area (Å²) in [6, 6.07) is 1.75. The van der Waals surface area contributed by atoms with Gasteiger partial charge in [0.15, 0.2) is 0 Å². The van der Waals surface area contributed by atoms with Gasteiger partial charge in [-0.15, -0.1) is 0 Å². The van der Waals surface area contributed by atoms with Crippen LogP contribution < -0.4 is 5.32 Å². The summed E-state index contributed by atoms with van der Waals surface area (Å²) in [7, 11) is 0. The molecule has 102 valence electrons. The van der Waals surface area contributed by atoms with Gasteiger partial charge in [0.2, 0.25) is 0 Å². The van der Waals surface area contributed by atoms with Gasteiger partial charge in [-0.3, -0.25) is 0 Å². The average molecular weight is 272 g/mol. The third-order valence-corrected chi connectivity index (χ3v) is 2.50. The fourth-order valence-corrected chi connectivity index (χ4v) is 1.58. The van der Waals surface area contributed by atoms with Crippen LogP contribution in [0.4, 0.5) is 5.82 Å². The minimum Gasteiger partial charge on any atom is -0.379 e. The molecular weight excluding hydrogens is 250 g/mol. The van der Waals surface area contributed by atoms with E-state index in [1.807, 2.05) is 27.7 Å². The van der Waals surface area contributed by atoms with E-state index in [0.29, 0.717) is 5.15 Å². The van der Waals surface area contributed by atoms with Crippen LogP contribution in [-0.2, 0) is 4.74 Å². The summed E-state index contributed by atoms with van der Waals surface area (Å²) in [4.78, 5) is 8.61. The summed E-state index contributed by atoms with van der Waals surface area (Å²) < 4.78 is 5.47. The molecule has 1 heterocycles. The van der Waals surface area contributed by atoms with Crippen molar-refractivity contribution < 1.29 is 4.74 Å². The molecule has 0 aromatic carbocycles. The first-order valence-corrected chi connectivity index (χ1v) is 6.76. The van der Waals surface area contributed by atoms with Gasteiger partial charge in [-0.2, -0.15) is 0 Å². The molecule has 0 saturated carbocycles. The predicted molar refractivity (Wildman–Crippen MR) is 75.3 cm³/mol. The molecule has 0 saturated heterocycles. The number of anilines is 1. The zero-order valence-corrected chi connectivity index (χ0v) is 12.3. The summed E-state index contributed by atoms with van der Waals surface area (Å²) in [5, 5.41) is 3.72. The lowest BCUT2D eigenvalue weighted by Crippen LogP contribution is -2.11. The highest BCUT2D eigenvalue weighted by Gasteiger charge is 2.06. The first-order chi connectivity index (χ1) is 8.49. The van der Waals surface area contributed by atoms with Crippen LogP contribution in [0, 0.1) is 0 Å². The number of aromatic nitrogens is 2. The Bertz CT molecular complexity index is 369. The van der Waals surface area contributed by atoms with Crippen LogP contribution in [0.25, 0.3) is 0 Å². The third-order valence-electron chi connectivity index (χ3n) is 2.31. The fourth-order valence-electron chi connectivity index (χ4n) is 1.39. The second-order valence-electron chi connectivity index (χ2n) is 4.79. The Kier molecular flexibility index (Phi) is 6.36. The van der Waals surface area contributed by atoms with Crippen molar-refractivity contribution in [3.63, 3.8) is 0 Å². The van der Waals surface area contributed by atoms with E-state index in [4.69, 9.17) is 16.3 Å². The van der Waals surface area contributed by atoms with E-state index in [2.05, 4.69) is 15.3 Å². The van der Waals surface area contributed by atoms with Crippen molar-refractivity contribution in [1.29, 1.82) is 0 Å². The largest absolute Gasteiger partial charge is 0.379 e. The summed E-state index contributed by atoms with van der Waals surface area (Å²) in [6.07, 6.45) is 1.22. The Morgan fingerprint density at radius 1 is 1.28 bits per heavy atom. The molecule has 0 fully saturated rings. The number of nitrogens with one attached hydrogen (secondary N) is 1. The van der Waals surface area contributed by atoms with Crippen molar-refractivity contribution in [3.8, 4) is 0 Å². The predicted octanol–water partition coefficient (Wildman–Crippen LogP) is 3.48. The summed E-state index contributed by atoms with van der Waals surface area (Å²) >= 11 is 5.96. The highest BCUT2D eigenvalue weighted by Crippen LogP contribution is 2.16. The van der Waals surface area contributed by atoms with Crippen molar-refractivity contribution in [3.05, 3.63) is 17.0 Å². The molecule has 0 aliphatic carbocycles. The molecular formula is C13H22ClN3O. The molecule has 0 amide bonds. The Morgan fingerprint density at radius 3 is 2.61 bits per heavy atom. The zero-order chi connectivity index (χ0) is 13.5. The molecule has 18 heavy (non-hydrogen) atoms. The van der Waals surface area contributed by atoms with Crippen molar-refractivity contribution in [2.75, 3.05) is 18.5 Å². The molecule has 0 bridgehead atoms. The summed E-state index contributed by atoms with van der Waals surface area (Å²) in [5.41, 5.74) is 0. The Balaban J connectivity index is 2.42. The summed E-state index contributed by atoms with van der Waals surface area (Å²) in [6.45, 7) is 9.73. The quantitative estimate of drug-likeness (QED) is 0.609. The van der Waals surface area contributed by atoms with E-state index < -0.39 is 0 Å². The van der Waals surface area contributed by atoms with Gasteiger partial charge in [0.25, 0.3) is 0 Å². The third kappa shape index (κ3) is 5.65. The first-order valence-electron chi connectivity index (χ1n) is 6.39. The van der Waals surface area contributed by atoms with Crippen LogP contribution in [-0.4, -0.2) is 29.2 Å². The fraction of sp³-hybridized carbons (Fsp3) is 0.692. The van der Waals surface area contributed by atoms with Crippen molar-refractivity contribution in [1.82, 2.24) is 9.97 Å². The number of ether oxygens (including phenoxy) is 1. The Labute approximate surface area is 114 Å². The molecule has 1 aromatic rings. The lowest BCUT2D eigenvalue weighted by atomic mass is 10.2. The lowest BCUT2D eigenvalue weighted by molar-refractivity contribution is 0.0787. The topological polar surface area (TPSA) is 47.0 Å². The Hall–Kier alpha value is -0.870. The SMILES string of the molecule is CC(C)OCCCNc1cc(Cl)nc(C(C)C)n1. The highest BCUT2D eigenvalue weighted by atomic mass is 35.5. The van der Waals surface area contributed by atoms with Crippen LogP contribution in [0.15, 0.2) is 6.07 Å². The zero-order valence-electron chi connectivity index (χ0n) is 11.5. The Morgan fingerprint density at radius 2 is 2.00 bits per heavy atom. The van der Waals surface area contributed by atoms with Gasteiger partial charge in [0.05, 0.1) is 6.10 Å². The van der Waals surface area contributed by atoms with E-state index in [1.54, 1.807) is 6.07 Å². The van der Waals surface area contributed by atoms with Gasteiger partial charge in [-0.25, -0.2) is 9.97 Å². The van der Waals surface area contributed by atoms with Gasteiger partial charge >= 0.3 is 0 Å². The number of nitrogens with zero attached hydrogens (tertiary/aromatic N) is 2. The maximum atomic E-state index is 5.96. The van der Waals surface area contributed by atoms with E-state index in [1.165, 1.54) is 0 Å². The summed E-state index contributed by atoms with van der Waals surface area (Å²) in [5.74, 6) is 1.82. The molecule has 0 aliphatic rings. The van der Waals surface area contributed by atoms with Crippen LogP contribution in [0.1, 0.15) is 45.9 Å². The van der Waals surface area contributed by atoms with Crippen LogP contribution in [0.3, 0.4) is 0 Å². The molecule has 0 radical (unpaired) electrons. The van der Waals surface area contributed by atoms with Crippen molar-refractivity contribution in [2.24, 2.45) is 0 Å². The van der Waals surface area contributed by atoms with Gasteiger partial charge in [0.1, 0.15) is 16.8 Å². The maximum absolute atomic E-state index is 5.96. The number of hydrogen-bond donors (Lipinski definition) is 1. The lowest BCUT2D eigenvalue weighted by Gasteiger charge is -2.10. The van der Waals surface area contributed by atoms with Crippen LogP contribution in [0.5, 0.6) is 0 Å². The van der Waals surface area contributed by atoms with Gasteiger partial charge in [0, 0.05) is 25.1 Å². The molecule has 0 spiro atoms.